The molecule has 0 aliphatic rings. The van der Waals surface area contributed by atoms with Crippen molar-refractivity contribution in [1.82, 2.24) is 0 Å². The molecule has 248 valence electrons. The molecule has 0 radical (unpaired) electrons. The summed E-state index contributed by atoms with van der Waals surface area (Å²) in [4.78, 5) is 13.1. The molecule has 44 heavy (non-hydrogen) atoms. The first kappa shape index (κ1) is 37.5. The smallest absolute Gasteiger partial charge is 0.383 e. The fourth-order valence-corrected chi connectivity index (χ4v) is 5.29. The highest BCUT2D eigenvalue weighted by Gasteiger charge is 2.18. The third-order valence-electron chi connectivity index (χ3n) is 8.05. The van der Waals surface area contributed by atoms with E-state index in [2.05, 4.69) is 40.7 Å². The third kappa shape index (κ3) is 15.9. The number of benzene rings is 1. The van der Waals surface area contributed by atoms with E-state index in [1.807, 2.05) is 24.3 Å². The predicted octanol–water partition coefficient (Wildman–Crippen LogP) is 11.9. The first-order valence-electron chi connectivity index (χ1n) is 17.7. The molecule has 2 aromatic rings. The first-order valence-corrected chi connectivity index (χ1v) is 17.7. The van der Waals surface area contributed by atoms with Gasteiger partial charge in [0.15, 0.2) is 5.75 Å². The molecule has 0 atom stereocenters. The predicted molar refractivity (Wildman–Crippen MR) is 187 cm³/mol. The number of hydrogen-bond donors (Lipinski definition) is 0. The molecule has 5 heteroatoms. The van der Waals surface area contributed by atoms with Gasteiger partial charge in [-0.3, -0.25) is 0 Å². The summed E-state index contributed by atoms with van der Waals surface area (Å²) in [6.45, 7) is 12.3. The molecule has 1 aromatic heterocycles. The van der Waals surface area contributed by atoms with E-state index in [1.165, 1.54) is 94.6 Å². The van der Waals surface area contributed by atoms with Crippen LogP contribution in [-0.2, 0) is 0 Å². The quantitative estimate of drug-likeness (QED) is 0.0602. The number of ether oxygens (including phenoxy) is 3. The van der Waals surface area contributed by atoms with Crippen LogP contribution in [0.15, 0.2) is 50.7 Å². The van der Waals surface area contributed by atoms with Crippen LogP contribution >= 0.6 is 0 Å². The van der Waals surface area contributed by atoms with Gasteiger partial charge in [-0.25, -0.2) is 4.79 Å². The van der Waals surface area contributed by atoms with Crippen LogP contribution in [0.4, 0.5) is 0 Å². The van der Waals surface area contributed by atoms with Crippen molar-refractivity contribution in [3.63, 3.8) is 0 Å². The van der Waals surface area contributed by atoms with Gasteiger partial charge in [-0.1, -0.05) is 121 Å². The summed E-state index contributed by atoms with van der Waals surface area (Å²) in [7, 11) is 0. The Morgan fingerprint density at radius 2 is 1.25 bits per heavy atom. The average molecular weight is 611 g/mol. The molecule has 0 N–H and O–H groups in total. The summed E-state index contributed by atoms with van der Waals surface area (Å²) in [5.74, 6) is 1.34. The third-order valence-corrected chi connectivity index (χ3v) is 8.05. The summed E-state index contributed by atoms with van der Waals surface area (Å²) in [6, 6.07) is 5.67. The molecule has 0 aliphatic carbocycles. The Bertz CT molecular complexity index is 1160. The van der Waals surface area contributed by atoms with Crippen LogP contribution in [0.25, 0.3) is 11.0 Å². The first-order chi connectivity index (χ1) is 21.5. The van der Waals surface area contributed by atoms with Crippen LogP contribution in [0, 0.1) is 0 Å². The van der Waals surface area contributed by atoms with Gasteiger partial charge in [0.2, 0.25) is 5.75 Å². The summed E-state index contributed by atoms with van der Waals surface area (Å²) in [5.41, 5.74) is 2.50. The van der Waals surface area contributed by atoms with Gasteiger partial charge in [0, 0.05) is 6.07 Å². The maximum absolute atomic E-state index is 13.1. The van der Waals surface area contributed by atoms with E-state index in [1.54, 1.807) is 0 Å². The van der Waals surface area contributed by atoms with Crippen molar-refractivity contribution < 1.29 is 18.6 Å². The monoisotopic (exact) mass is 610 g/mol. The lowest BCUT2D eigenvalue weighted by Gasteiger charge is -2.14. The molecular weight excluding hydrogens is 548 g/mol. The van der Waals surface area contributed by atoms with E-state index < -0.39 is 5.63 Å². The lowest BCUT2D eigenvalue weighted by molar-refractivity contribution is 0.269. The molecular formula is C39H62O5. The number of hydrogen-bond acceptors (Lipinski definition) is 5. The minimum absolute atomic E-state index is 0.151. The number of rotatable bonds is 26. The Labute approximate surface area is 268 Å². The van der Waals surface area contributed by atoms with Gasteiger partial charge in [0.25, 0.3) is 0 Å². The van der Waals surface area contributed by atoms with Crippen molar-refractivity contribution in [2.24, 2.45) is 0 Å². The maximum Gasteiger partial charge on any atom is 0.383 e. The highest BCUT2D eigenvalue weighted by atomic mass is 16.5. The second kappa shape index (κ2) is 23.7. The number of unbranched alkanes of at least 4 members (excludes halogenated alkanes) is 14. The van der Waals surface area contributed by atoms with Crippen LogP contribution in [0.2, 0.25) is 0 Å². The molecule has 0 bridgehead atoms. The van der Waals surface area contributed by atoms with E-state index >= 15 is 0 Å². The lowest BCUT2D eigenvalue weighted by atomic mass is 10.1. The van der Waals surface area contributed by atoms with Gasteiger partial charge < -0.3 is 18.6 Å². The Morgan fingerprint density at radius 3 is 1.84 bits per heavy atom. The average Bonchev–Trinajstić information content (AvgIpc) is 3.00. The standard InChI is InChI=1S/C39H62O5/c1-6-8-10-12-14-16-18-20-28-41-34-25-26-35-36(31-34)44-39(40)38(43-30-27-33(5)24-22-23-32(3)4)37(35)42-29-21-19-17-15-13-11-9-7-2/h23,25-27,31H,6-22,24,28-30H2,1-5H3. The topological polar surface area (TPSA) is 57.9 Å². The molecule has 1 aromatic carbocycles. The van der Waals surface area contributed by atoms with Gasteiger partial charge in [0.1, 0.15) is 17.9 Å². The largest absolute Gasteiger partial charge is 0.493 e. The van der Waals surface area contributed by atoms with Gasteiger partial charge in [0.05, 0.1) is 18.6 Å². The van der Waals surface area contributed by atoms with Crippen LogP contribution in [-0.4, -0.2) is 19.8 Å². The maximum atomic E-state index is 13.1. The fourth-order valence-electron chi connectivity index (χ4n) is 5.29. The minimum Gasteiger partial charge on any atom is -0.493 e. The zero-order valence-electron chi connectivity index (χ0n) is 28.8. The molecule has 0 amide bonds. The van der Waals surface area contributed by atoms with Crippen molar-refractivity contribution in [2.45, 2.75) is 150 Å². The van der Waals surface area contributed by atoms with Crippen molar-refractivity contribution in [1.29, 1.82) is 0 Å². The van der Waals surface area contributed by atoms with E-state index in [0.29, 0.717) is 36.9 Å². The SMILES string of the molecule is CCCCCCCCCCOc1ccc2c(OCCCCCCCCCC)c(OCC=C(C)CCC=C(C)C)c(=O)oc2c1. The molecule has 0 fully saturated rings. The van der Waals surface area contributed by atoms with Crippen LogP contribution < -0.4 is 19.8 Å². The van der Waals surface area contributed by atoms with Crippen LogP contribution in [0.5, 0.6) is 17.2 Å². The van der Waals surface area contributed by atoms with Gasteiger partial charge in [-0.2, -0.15) is 0 Å². The zero-order chi connectivity index (χ0) is 31.8. The van der Waals surface area contributed by atoms with Gasteiger partial charge in [-0.05, 0) is 64.7 Å². The summed E-state index contributed by atoms with van der Waals surface area (Å²) < 4.78 is 24.0. The zero-order valence-corrected chi connectivity index (χ0v) is 28.8. The fraction of sp³-hybridized carbons (Fsp3) is 0.667. The minimum atomic E-state index is -0.515. The second-order valence-corrected chi connectivity index (χ2v) is 12.5. The lowest BCUT2D eigenvalue weighted by Crippen LogP contribution is -2.11. The molecule has 0 spiro atoms. The van der Waals surface area contributed by atoms with E-state index in [0.717, 1.165) is 37.5 Å². The molecule has 5 nitrogen and oxygen atoms in total. The van der Waals surface area contributed by atoms with Crippen molar-refractivity contribution in [2.75, 3.05) is 19.8 Å². The number of fused-ring (bicyclic) bond motifs is 1. The Morgan fingerprint density at radius 1 is 0.682 bits per heavy atom. The van der Waals surface area contributed by atoms with Crippen LogP contribution in [0.3, 0.4) is 0 Å². The summed E-state index contributed by atoms with van der Waals surface area (Å²) in [6.07, 6.45) is 26.1. The Kier molecular flexibility index (Phi) is 20.2. The molecule has 0 saturated carbocycles. The molecule has 1 heterocycles. The second-order valence-electron chi connectivity index (χ2n) is 12.5. The Hall–Kier alpha value is -2.69. The Balaban J connectivity index is 2.03. The normalized spacial score (nSPS) is 11.6. The van der Waals surface area contributed by atoms with Crippen molar-refractivity contribution in [3.05, 3.63) is 51.9 Å². The highest BCUT2D eigenvalue weighted by molar-refractivity contribution is 5.86. The van der Waals surface area contributed by atoms with E-state index in [9.17, 15) is 4.79 Å². The van der Waals surface area contributed by atoms with Gasteiger partial charge in [-0.15, -0.1) is 0 Å². The van der Waals surface area contributed by atoms with E-state index in [-0.39, 0.29) is 5.75 Å². The van der Waals surface area contributed by atoms with Crippen molar-refractivity contribution in [3.8, 4) is 17.2 Å². The molecule has 0 aliphatic heterocycles. The molecule has 0 saturated heterocycles. The van der Waals surface area contributed by atoms with E-state index in [4.69, 9.17) is 18.6 Å². The highest BCUT2D eigenvalue weighted by Crippen LogP contribution is 2.35. The molecule has 0 unspecified atom stereocenters. The van der Waals surface area contributed by atoms with Crippen LogP contribution in [0.1, 0.15) is 150 Å². The summed E-state index contributed by atoms with van der Waals surface area (Å²) >= 11 is 0. The van der Waals surface area contributed by atoms with Crippen molar-refractivity contribution >= 4 is 11.0 Å². The summed E-state index contributed by atoms with van der Waals surface area (Å²) in [5, 5.41) is 0.739. The van der Waals surface area contributed by atoms with Gasteiger partial charge >= 0.3 is 5.63 Å². The molecule has 2 rings (SSSR count). The number of allylic oxidation sites excluding steroid dienone is 3.